The van der Waals surface area contributed by atoms with Crippen LogP contribution in [0, 0.1) is 0 Å². The first-order valence-corrected chi connectivity index (χ1v) is 4.71. The van der Waals surface area contributed by atoms with Gasteiger partial charge in [0.05, 0.1) is 11.7 Å². The summed E-state index contributed by atoms with van der Waals surface area (Å²) < 4.78 is 7.89. The van der Waals surface area contributed by atoms with Gasteiger partial charge in [-0.05, 0) is 19.3 Å². The van der Waals surface area contributed by atoms with Gasteiger partial charge in [-0.2, -0.15) is 8.75 Å². The Morgan fingerprint density at radius 3 is 2.73 bits per heavy atom. The van der Waals surface area contributed by atoms with E-state index < -0.39 is 0 Å². The molecule has 5 heteroatoms. The van der Waals surface area contributed by atoms with Gasteiger partial charge >= 0.3 is 0 Å². The first-order valence-electron chi connectivity index (χ1n) is 3.61. The van der Waals surface area contributed by atoms with Gasteiger partial charge in [0.15, 0.2) is 11.0 Å². The maximum atomic E-state index is 5.74. The fourth-order valence-corrected chi connectivity index (χ4v) is 1.67. The molecule has 1 N–H and O–H groups in total. The normalized spacial score (nSPS) is 17.9. The molecule has 0 aromatic carbocycles. The van der Waals surface area contributed by atoms with E-state index in [2.05, 4.69) is 14.1 Å². The van der Waals surface area contributed by atoms with E-state index in [1.54, 1.807) is 0 Å². The summed E-state index contributed by atoms with van der Waals surface area (Å²) in [5.74, 6) is 0.751. The van der Waals surface area contributed by atoms with Gasteiger partial charge in [0, 0.05) is 6.04 Å². The molecule has 0 radical (unpaired) electrons. The molecule has 11 heavy (non-hydrogen) atoms. The summed E-state index contributed by atoms with van der Waals surface area (Å²) in [5, 5.41) is 3.73. The van der Waals surface area contributed by atoms with Gasteiger partial charge < -0.3 is 5.32 Å². The lowest BCUT2D eigenvalue weighted by Gasteiger charge is -2.26. The van der Waals surface area contributed by atoms with E-state index in [1.165, 1.54) is 19.3 Å². The predicted molar refractivity (Wildman–Crippen MR) is 46.2 cm³/mol. The molecule has 1 aliphatic carbocycles. The molecule has 1 fully saturated rings. The highest BCUT2D eigenvalue weighted by Gasteiger charge is 2.19. The fourth-order valence-electron chi connectivity index (χ4n) is 1.01. The molecular weight excluding hydrogens is 182 g/mol. The van der Waals surface area contributed by atoms with Crippen molar-refractivity contribution in [3.05, 3.63) is 5.15 Å². The molecule has 0 spiro atoms. The Morgan fingerprint density at radius 1 is 1.45 bits per heavy atom. The number of rotatable bonds is 2. The van der Waals surface area contributed by atoms with Crippen molar-refractivity contribution in [2.75, 3.05) is 5.32 Å². The predicted octanol–water partition coefficient (Wildman–Crippen LogP) is 2.16. The lowest BCUT2D eigenvalue weighted by molar-refractivity contribution is 0.445. The Balaban J connectivity index is 1.99. The molecule has 0 aliphatic heterocycles. The molecule has 0 bridgehead atoms. The Morgan fingerprint density at radius 2 is 2.27 bits per heavy atom. The Labute approximate surface area is 74.1 Å². The van der Waals surface area contributed by atoms with Crippen LogP contribution in [-0.2, 0) is 0 Å². The summed E-state index contributed by atoms with van der Waals surface area (Å²) in [6.45, 7) is 0. The number of hydrogen-bond acceptors (Lipinski definition) is 4. The molecule has 1 aromatic heterocycles. The number of halogens is 1. The molecule has 3 nitrogen and oxygen atoms in total. The second-order valence-corrected chi connectivity index (χ2v) is 3.56. The fraction of sp³-hybridized carbons (Fsp3) is 0.667. The molecular formula is C6H8ClN3S. The van der Waals surface area contributed by atoms with Crippen LogP contribution in [-0.4, -0.2) is 14.8 Å². The lowest BCUT2D eigenvalue weighted by atomic mass is 9.93. The topological polar surface area (TPSA) is 37.8 Å². The highest BCUT2D eigenvalue weighted by molar-refractivity contribution is 6.99. The van der Waals surface area contributed by atoms with Gasteiger partial charge in [0.2, 0.25) is 0 Å². The van der Waals surface area contributed by atoms with Crippen molar-refractivity contribution in [1.29, 1.82) is 0 Å². The SMILES string of the molecule is Clc1nsnc1NC1CCC1. The Bertz CT molecular complexity index is 246. The third-order valence-electron chi connectivity index (χ3n) is 1.89. The maximum Gasteiger partial charge on any atom is 0.186 e. The number of nitrogens with one attached hydrogen (secondary N) is 1. The summed E-state index contributed by atoms with van der Waals surface area (Å²) in [6.07, 6.45) is 3.77. The number of hydrogen-bond donors (Lipinski definition) is 1. The molecule has 1 aliphatic rings. The highest BCUT2D eigenvalue weighted by Crippen LogP contribution is 2.25. The second kappa shape index (κ2) is 2.95. The summed E-state index contributed by atoms with van der Waals surface area (Å²) >= 11 is 6.89. The molecule has 60 valence electrons. The largest absolute Gasteiger partial charge is 0.364 e. The van der Waals surface area contributed by atoms with Crippen LogP contribution in [0.4, 0.5) is 5.82 Å². The Kier molecular flexibility index (Phi) is 1.96. The molecule has 2 rings (SSSR count). The zero-order valence-electron chi connectivity index (χ0n) is 5.88. The van der Waals surface area contributed by atoms with Crippen molar-refractivity contribution in [3.8, 4) is 0 Å². The second-order valence-electron chi connectivity index (χ2n) is 2.68. The molecule has 0 saturated heterocycles. The van der Waals surface area contributed by atoms with E-state index in [0.717, 1.165) is 17.5 Å². The van der Waals surface area contributed by atoms with Gasteiger partial charge in [-0.15, -0.1) is 0 Å². The van der Waals surface area contributed by atoms with E-state index in [1.807, 2.05) is 0 Å². The van der Waals surface area contributed by atoms with Crippen LogP contribution < -0.4 is 5.32 Å². The van der Waals surface area contributed by atoms with Crippen LogP contribution in [0.1, 0.15) is 19.3 Å². The van der Waals surface area contributed by atoms with Gasteiger partial charge in [-0.25, -0.2) is 0 Å². The van der Waals surface area contributed by atoms with E-state index in [9.17, 15) is 0 Å². The summed E-state index contributed by atoms with van der Waals surface area (Å²) in [7, 11) is 0. The lowest BCUT2D eigenvalue weighted by Crippen LogP contribution is -2.27. The third-order valence-corrected chi connectivity index (χ3v) is 2.79. The van der Waals surface area contributed by atoms with Crippen LogP contribution in [0.15, 0.2) is 0 Å². The first-order chi connectivity index (χ1) is 5.36. The van der Waals surface area contributed by atoms with Gasteiger partial charge in [-0.1, -0.05) is 11.6 Å². The van der Waals surface area contributed by atoms with Crippen LogP contribution in [0.5, 0.6) is 0 Å². The average Bonchev–Trinajstić information content (AvgIpc) is 2.27. The van der Waals surface area contributed by atoms with Crippen molar-refractivity contribution in [1.82, 2.24) is 8.75 Å². The van der Waals surface area contributed by atoms with Crippen LogP contribution in [0.3, 0.4) is 0 Å². The highest BCUT2D eigenvalue weighted by atomic mass is 35.5. The number of anilines is 1. The minimum absolute atomic E-state index is 0.502. The molecule has 1 aromatic rings. The van der Waals surface area contributed by atoms with Gasteiger partial charge in [0.25, 0.3) is 0 Å². The van der Waals surface area contributed by atoms with E-state index in [0.29, 0.717) is 11.2 Å². The minimum atomic E-state index is 0.502. The van der Waals surface area contributed by atoms with Crippen molar-refractivity contribution >= 4 is 29.1 Å². The minimum Gasteiger partial charge on any atom is -0.364 e. The molecule has 0 unspecified atom stereocenters. The van der Waals surface area contributed by atoms with Crippen LogP contribution in [0.2, 0.25) is 5.15 Å². The van der Waals surface area contributed by atoms with E-state index in [-0.39, 0.29) is 0 Å². The first kappa shape index (κ1) is 7.31. The zero-order valence-corrected chi connectivity index (χ0v) is 7.45. The summed E-state index contributed by atoms with van der Waals surface area (Å²) in [4.78, 5) is 0. The maximum absolute atomic E-state index is 5.74. The smallest absolute Gasteiger partial charge is 0.186 e. The number of aromatic nitrogens is 2. The molecule has 0 atom stereocenters. The van der Waals surface area contributed by atoms with Gasteiger partial charge in [0.1, 0.15) is 0 Å². The van der Waals surface area contributed by atoms with E-state index in [4.69, 9.17) is 11.6 Å². The van der Waals surface area contributed by atoms with Crippen LogP contribution in [0.25, 0.3) is 0 Å². The van der Waals surface area contributed by atoms with Crippen molar-refractivity contribution in [2.45, 2.75) is 25.3 Å². The quantitative estimate of drug-likeness (QED) is 0.775. The van der Waals surface area contributed by atoms with E-state index >= 15 is 0 Å². The van der Waals surface area contributed by atoms with Gasteiger partial charge in [-0.3, -0.25) is 0 Å². The van der Waals surface area contributed by atoms with Crippen molar-refractivity contribution < 1.29 is 0 Å². The zero-order chi connectivity index (χ0) is 7.68. The Hall–Kier alpha value is -0.350. The van der Waals surface area contributed by atoms with Crippen molar-refractivity contribution in [2.24, 2.45) is 0 Å². The summed E-state index contributed by atoms with van der Waals surface area (Å²) in [6, 6.07) is 0.580. The monoisotopic (exact) mass is 189 g/mol. The standard InChI is InChI=1S/C6H8ClN3S/c7-5-6(10-11-9-5)8-4-2-1-3-4/h4H,1-3H2,(H,8,10). The van der Waals surface area contributed by atoms with Crippen molar-refractivity contribution in [3.63, 3.8) is 0 Å². The molecule has 1 saturated carbocycles. The average molecular weight is 190 g/mol. The molecule has 1 heterocycles. The molecule has 0 amide bonds. The van der Waals surface area contributed by atoms with Crippen LogP contribution >= 0.6 is 23.3 Å². The summed E-state index contributed by atoms with van der Waals surface area (Å²) in [5.41, 5.74) is 0. The third kappa shape index (κ3) is 1.46. The number of nitrogens with zero attached hydrogens (tertiary/aromatic N) is 2.